The van der Waals surface area contributed by atoms with Crippen molar-refractivity contribution in [3.05, 3.63) is 53.6 Å². The number of amidine groups is 1. The Hall–Kier alpha value is -3.35. The molecule has 0 saturated carbocycles. The van der Waals surface area contributed by atoms with Crippen LogP contribution in [0.15, 0.2) is 41.5 Å². The molecule has 3 N–H and O–H groups in total. The van der Waals surface area contributed by atoms with Gasteiger partial charge >= 0.3 is 6.18 Å². The number of nitrogens with zero attached hydrogens (tertiary/aromatic N) is 2. The summed E-state index contributed by atoms with van der Waals surface area (Å²) >= 11 is 0. The molecule has 7 nitrogen and oxygen atoms in total. The number of aliphatic imine (C=N–C) groups is 1. The first kappa shape index (κ1) is 23.3. The van der Waals surface area contributed by atoms with E-state index in [1.807, 2.05) is 0 Å². The number of aromatic nitrogens is 1. The Bertz CT molecular complexity index is 1010. The van der Waals surface area contributed by atoms with Gasteiger partial charge in [0.05, 0.1) is 6.20 Å². The molecule has 0 spiro atoms. The Morgan fingerprint density at radius 2 is 2.03 bits per heavy atom. The minimum atomic E-state index is -4.54. The number of nitrogens with two attached hydrogens (primary N) is 1. The minimum Gasteiger partial charge on any atom is -0.483 e. The summed E-state index contributed by atoms with van der Waals surface area (Å²) in [5.41, 5.74) is 4.75. The van der Waals surface area contributed by atoms with Crippen LogP contribution in [0, 0.1) is 5.82 Å². The topological polar surface area (TPSA) is 98.8 Å². The fourth-order valence-electron chi connectivity index (χ4n) is 2.76. The molecule has 0 radical (unpaired) electrons. The third-order valence-electron chi connectivity index (χ3n) is 4.16. The fourth-order valence-corrected chi connectivity index (χ4v) is 2.76. The number of carbonyl (C=O) groups is 1. The van der Waals surface area contributed by atoms with Crippen molar-refractivity contribution in [3.63, 3.8) is 0 Å². The second-order valence-electron chi connectivity index (χ2n) is 6.75. The fraction of sp³-hybridized carbons (Fsp3) is 0.316. The van der Waals surface area contributed by atoms with Crippen molar-refractivity contribution in [2.75, 3.05) is 25.1 Å². The van der Waals surface area contributed by atoms with Crippen LogP contribution in [0.2, 0.25) is 0 Å². The molecule has 0 fully saturated rings. The Labute approximate surface area is 177 Å². The molecule has 0 bridgehead atoms. The number of carbonyl (C=O) groups excluding carboxylic acids is 1. The Kier molecular flexibility index (Phi) is 6.57. The van der Waals surface area contributed by atoms with Crippen LogP contribution in [-0.4, -0.2) is 48.6 Å². The average molecular weight is 462 g/mol. The van der Waals surface area contributed by atoms with Crippen molar-refractivity contribution in [1.29, 1.82) is 0 Å². The highest BCUT2D eigenvalue weighted by Gasteiger charge is 2.44. The van der Waals surface area contributed by atoms with Gasteiger partial charge in [-0.2, -0.15) is 13.2 Å². The summed E-state index contributed by atoms with van der Waals surface area (Å²) in [7, 11) is 0. The summed E-state index contributed by atoms with van der Waals surface area (Å²) in [6.07, 6.45) is -3.62. The highest BCUT2D eigenvalue weighted by atomic mass is 19.4. The summed E-state index contributed by atoms with van der Waals surface area (Å²) < 4.78 is 88.8. The van der Waals surface area contributed by atoms with E-state index >= 15 is 0 Å². The smallest absolute Gasteiger partial charge is 0.422 e. The zero-order valence-electron chi connectivity index (χ0n) is 16.1. The first-order chi connectivity index (χ1) is 14.9. The molecule has 2 heterocycles. The number of anilines is 1. The summed E-state index contributed by atoms with van der Waals surface area (Å²) in [5, 5.41) is 2.35. The molecule has 1 aliphatic rings. The maximum absolute atomic E-state index is 14.4. The molecule has 1 aliphatic heterocycles. The quantitative estimate of drug-likeness (QED) is 0.663. The molecule has 0 aliphatic carbocycles. The molecule has 2 aromatic rings. The van der Waals surface area contributed by atoms with Crippen molar-refractivity contribution >= 4 is 17.4 Å². The van der Waals surface area contributed by atoms with Gasteiger partial charge in [-0.05, 0) is 30.3 Å². The minimum absolute atomic E-state index is 0.0414. The van der Waals surface area contributed by atoms with Crippen molar-refractivity contribution in [1.82, 2.24) is 4.98 Å². The van der Waals surface area contributed by atoms with E-state index in [2.05, 4.69) is 20.0 Å². The van der Waals surface area contributed by atoms with Crippen molar-refractivity contribution in [2.45, 2.75) is 18.1 Å². The lowest BCUT2D eigenvalue weighted by atomic mass is 10.00. The maximum Gasteiger partial charge on any atom is 0.422 e. The first-order valence-electron chi connectivity index (χ1n) is 8.99. The lowest BCUT2D eigenvalue weighted by Crippen LogP contribution is -2.30. The lowest BCUT2D eigenvalue weighted by molar-refractivity contribution is -0.153. The predicted octanol–water partition coefficient (Wildman–Crippen LogP) is 3.48. The number of hydrogen-bond acceptors (Lipinski definition) is 6. The maximum atomic E-state index is 14.4. The molecule has 1 unspecified atom stereocenters. The van der Waals surface area contributed by atoms with Crippen LogP contribution in [-0.2, 0) is 4.74 Å². The third kappa shape index (κ3) is 5.87. The van der Waals surface area contributed by atoms with Gasteiger partial charge in [0.15, 0.2) is 6.61 Å². The number of hydrogen-bond donors (Lipinski definition) is 2. The Balaban J connectivity index is 1.77. The summed E-state index contributed by atoms with van der Waals surface area (Å²) in [6.45, 7) is -2.88. The Morgan fingerprint density at radius 1 is 1.28 bits per heavy atom. The number of pyridine rings is 1. The van der Waals surface area contributed by atoms with Gasteiger partial charge in [0.1, 0.15) is 42.4 Å². The highest BCUT2D eigenvalue weighted by molar-refractivity contribution is 6.02. The molecule has 32 heavy (non-hydrogen) atoms. The zero-order chi connectivity index (χ0) is 23.5. The van der Waals surface area contributed by atoms with Crippen LogP contribution in [0.25, 0.3) is 0 Å². The van der Waals surface area contributed by atoms with Crippen LogP contribution < -0.4 is 15.8 Å². The van der Waals surface area contributed by atoms with Gasteiger partial charge in [-0.1, -0.05) is 0 Å². The second kappa shape index (κ2) is 9.02. The molecule has 1 atom stereocenters. The number of ether oxygens (including phenoxy) is 2. The highest BCUT2D eigenvalue weighted by Crippen LogP contribution is 2.38. The summed E-state index contributed by atoms with van der Waals surface area (Å²) in [4.78, 5) is 19.7. The molecule has 172 valence electrons. The molecule has 3 rings (SSSR count). The van der Waals surface area contributed by atoms with E-state index in [1.165, 1.54) is 0 Å². The third-order valence-corrected chi connectivity index (χ3v) is 4.16. The van der Waals surface area contributed by atoms with Crippen molar-refractivity contribution in [2.24, 2.45) is 10.7 Å². The standard InChI is InChI=1S/C19H16F6N4O3/c20-13-3-1-10(5-12(13)16-18(21,22)8-31-7-15(26)29-16)28-17(30)14-4-2-11(6-27-14)32-9-19(23,24)25/h1-6,16H,7-9H2,(H2,26,29)(H,28,30). The van der Waals surface area contributed by atoms with Gasteiger partial charge in [0.25, 0.3) is 11.8 Å². The number of amides is 1. The number of nitrogens with one attached hydrogen (secondary N) is 1. The number of benzene rings is 1. The van der Waals surface area contributed by atoms with Gasteiger partial charge in [0, 0.05) is 11.3 Å². The largest absolute Gasteiger partial charge is 0.483 e. The van der Waals surface area contributed by atoms with E-state index in [-0.39, 0.29) is 29.6 Å². The second-order valence-corrected chi connectivity index (χ2v) is 6.75. The van der Waals surface area contributed by atoms with E-state index in [4.69, 9.17) is 10.5 Å². The van der Waals surface area contributed by atoms with E-state index < -0.39 is 48.6 Å². The SMILES string of the molecule is NC1=NC(c2cc(NC(=O)c3ccc(OCC(F)(F)F)cn3)ccc2F)C(F)(F)COC1. The molecule has 0 saturated heterocycles. The Morgan fingerprint density at radius 3 is 2.69 bits per heavy atom. The zero-order valence-corrected chi connectivity index (χ0v) is 16.1. The van der Waals surface area contributed by atoms with E-state index in [9.17, 15) is 31.1 Å². The van der Waals surface area contributed by atoms with Gasteiger partial charge in [0.2, 0.25) is 0 Å². The van der Waals surface area contributed by atoms with E-state index in [0.29, 0.717) is 0 Å². The van der Waals surface area contributed by atoms with Crippen molar-refractivity contribution in [3.8, 4) is 5.75 Å². The van der Waals surface area contributed by atoms with Crippen LogP contribution in [0.3, 0.4) is 0 Å². The number of halogens is 6. The van der Waals surface area contributed by atoms with Crippen LogP contribution in [0.5, 0.6) is 5.75 Å². The molecule has 13 heteroatoms. The van der Waals surface area contributed by atoms with Crippen LogP contribution in [0.1, 0.15) is 22.1 Å². The monoisotopic (exact) mass is 462 g/mol. The summed E-state index contributed by atoms with van der Waals surface area (Å²) in [5.74, 6) is -5.81. The van der Waals surface area contributed by atoms with Gasteiger partial charge in [-0.25, -0.2) is 18.2 Å². The molecule has 1 aromatic heterocycles. The van der Waals surface area contributed by atoms with Crippen molar-refractivity contribution < 1.29 is 40.6 Å². The molecule has 1 amide bonds. The van der Waals surface area contributed by atoms with Gasteiger partial charge in [-0.15, -0.1) is 0 Å². The molecular weight excluding hydrogens is 446 g/mol. The number of alkyl halides is 5. The normalized spacial score (nSPS) is 18.4. The van der Waals surface area contributed by atoms with E-state index in [1.54, 1.807) is 0 Å². The average Bonchev–Trinajstić information content (AvgIpc) is 2.84. The summed E-state index contributed by atoms with van der Waals surface area (Å²) in [6, 6.07) is 3.23. The van der Waals surface area contributed by atoms with E-state index in [0.717, 1.165) is 36.5 Å². The molecule has 1 aromatic carbocycles. The van der Waals surface area contributed by atoms with Gasteiger partial charge in [-0.3, -0.25) is 9.79 Å². The van der Waals surface area contributed by atoms with Crippen LogP contribution in [0.4, 0.5) is 32.0 Å². The van der Waals surface area contributed by atoms with Gasteiger partial charge < -0.3 is 20.5 Å². The number of rotatable bonds is 5. The van der Waals surface area contributed by atoms with Crippen LogP contribution >= 0.6 is 0 Å². The molecular formula is C19H16F6N4O3. The first-order valence-corrected chi connectivity index (χ1v) is 8.99. The lowest BCUT2D eigenvalue weighted by Gasteiger charge is -2.22. The predicted molar refractivity (Wildman–Crippen MR) is 100 cm³/mol.